The molecule has 176 valence electrons. The van der Waals surface area contributed by atoms with Crippen molar-refractivity contribution in [2.24, 2.45) is 5.73 Å². The van der Waals surface area contributed by atoms with Crippen molar-refractivity contribution in [2.45, 2.75) is 26.7 Å². The number of pyridine rings is 1. The summed E-state index contributed by atoms with van der Waals surface area (Å²) in [6.07, 6.45) is 1.73. The number of primary amides is 1. The zero-order valence-corrected chi connectivity index (χ0v) is 19.2. The molecule has 0 unspecified atom stereocenters. The smallest absolute Gasteiger partial charge is 0.394 e. The van der Waals surface area contributed by atoms with E-state index < -0.39 is 22.2 Å². The maximum Gasteiger partial charge on any atom is 0.394 e. The van der Waals surface area contributed by atoms with Crippen LogP contribution in [-0.4, -0.2) is 42.1 Å². The fourth-order valence-electron chi connectivity index (χ4n) is 3.57. The van der Waals surface area contributed by atoms with Crippen LogP contribution in [0.1, 0.15) is 42.0 Å². The minimum absolute atomic E-state index is 0.406. The number of carbonyl (C=O) groups excluding carboxylic acids is 1. The number of methoxy groups -OCH3 is 1. The van der Waals surface area contributed by atoms with Crippen LogP contribution < -0.4 is 20.5 Å². The summed E-state index contributed by atoms with van der Waals surface area (Å²) in [4.78, 5) is 16.8. The fourth-order valence-corrected chi connectivity index (χ4v) is 3.57. The van der Waals surface area contributed by atoms with Gasteiger partial charge in [0.1, 0.15) is 5.75 Å². The number of fused-ring (bicyclic) bond motifs is 1. The van der Waals surface area contributed by atoms with Crippen LogP contribution in [0, 0.1) is 18.3 Å². The molecule has 0 saturated carbocycles. The Morgan fingerprint density at radius 1 is 1.33 bits per heavy atom. The minimum Gasteiger partial charge on any atom is -0.496 e. The number of carbonyl (C=O) groups is 1. The Labute approximate surface area is 191 Å². The highest BCUT2D eigenvalue weighted by molar-refractivity contribution is 7.79. The molecule has 1 aromatic heterocycles. The molecule has 0 bridgehead atoms. The van der Waals surface area contributed by atoms with E-state index >= 15 is 0 Å². The van der Waals surface area contributed by atoms with E-state index in [0.29, 0.717) is 40.6 Å². The second kappa shape index (κ2) is 10.3. The van der Waals surface area contributed by atoms with Crippen LogP contribution in [-0.2, 0) is 15.2 Å². The van der Waals surface area contributed by atoms with E-state index in [-0.39, 0.29) is 0 Å². The number of aromatic nitrogens is 1. The van der Waals surface area contributed by atoms with E-state index in [0.717, 1.165) is 16.8 Å². The average Bonchev–Trinajstić information content (AvgIpc) is 2.73. The lowest BCUT2D eigenvalue weighted by Crippen LogP contribution is -2.28. The maximum atomic E-state index is 12.4. The molecule has 3 rings (SSSR count). The van der Waals surface area contributed by atoms with E-state index in [1.807, 2.05) is 20.8 Å². The van der Waals surface area contributed by atoms with Gasteiger partial charge in [-0.15, -0.1) is 0 Å². The number of amides is 1. The number of hydrogen-bond donors (Lipinski definition) is 4. The van der Waals surface area contributed by atoms with Gasteiger partial charge in [-0.3, -0.25) is 13.9 Å². The summed E-state index contributed by atoms with van der Waals surface area (Å²) >= 11 is 0. The van der Waals surface area contributed by atoms with Crippen molar-refractivity contribution >= 4 is 22.0 Å². The topological polar surface area (TPSA) is 185 Å². The van der Waals surface area contributed by atoms with E-state index in [9.17, 15) is 10.1 Å². The normalized spacial score (nSPS) is 14.8. The zero-order chi connectivity index (χ0) is 24.9. The van der Waals surface area contributed by atoms with Gasteiger partial charge in [0.05, 0.1) is 42.5 Å². The number of rotatable bonds is 5. The molecule has 0 fully saturated rings. The first-order valence-corrected chi connectivity index (χ1v) is 11.0. The third-order valence-electron chi connectivity index (χ3n) is 4.78. The molecule has 5 N–H and O–H groups in total. The number of allylic oxidation sites excluding steroid dienone is 1. The summed E-state index contributed by atoms with van der Waals surface area (Å²) in [7, 11) is -3.14. The molecule has 1 amide bonds. The van der Waals surface area contributed by atoms with Gasteiger partial charge in [-0.25, -0.2) is 4.98 Å². The molecule has 0 radical (unpaired) electrons. The molecule has 2 heterocycles. The summed E-state index contributed by atoms with van der Waals surface area (Å²) in [6, 6.07) is 7.22. The van der Waals surface area contributed by atoms with Crippen LogP contribution in [0.3, 0.4) is 0 Å². The fraction of sp³-hybridized carbons (Fsp3) is 0.286. The molecule has 0 saturated heterocycles. The van der Waals surface area contributed by atoms with Crippen LogP contribution in [0.25, 0.3) is 0 Å². The third-order valence-corrected chi connectivity index (χ3v) is 4.78. The number of aryl methyl sites for hydroxylation is 1. The molecule has 33 heavy (non-hydrogen) atoms. The molecule has 2 aromatic rings. The molecule has 12 heteroatoms. The van der Waals surface area contributed by atoms with Gasteiger partial charge in [-0.05, 0) is 38.5 Å². The van der Waals surface area contributed by atoms with Gasteiger partial charge in [0.25, 0.3) is 0 Å². The Hall–Kier alpha value is -3.66. The van der Waals surface area contributed by atoms with Crippen LogP contribution in [0.15, 0.2) is 35.7 Å². The molecular weight excluding hydrogens is 452 g/mol. The average molecular weight is 477 g/mol. The number of nitriles is 1. The number of nitrogens with two attached hydrogens (primary N) is 1. The van der Waals surface area contributed by atoms with Gasteiger partial charge < -0.3 is 20.5 Å². The highest BCUT2D eigenvalue weighted by Crippen LogP contribution is 2.48. The van der Waals surface area contributed by atoms with E-state index in [1.54, 1.807) is 24.4 Å². The standard InChI is InChI=1S/C21H22N4O3.H2O4S/c1-5-28-21-18-17(14-7-6-13(9-22)8-15(14)27-4)16(20(23)26)12(3)25-19(18)11(2)10-24-21;1-5(2,3)4/h6-8,10,17,25H,5H2,1-4H3,(H2,23,26);(H2,1,2,3,4)/t17-;/m1./s1. The first-order chi connectivity index (χ1) is 15.4. The monoisotopic (exact) mass is 476 g/mol. The largest absolute Gasteiger partial charge is 0.496 e. The highest BCUT2D eigenvalue weighted by Gasteiger charge is 2.36. The number of hydrogen-bond acceptors (Lipinski definition) is 8. The van der Waals surface area contributed by atoms with Crippen molar-refractivity contribution in [3.05, 3.63) is 57.9 Å². The van der Waals surface area contributed by atoms with Crippen molar-refractivity contribution in [3.63, 3.8) is 0 Å². The van der Waals surface area contributed by atoms with E-state index in [1.165, 1.54) is 7.11 Å². The molecule has 0 aliphatic carbocycles. The lowest BCUT2D eigenvalue weighted by atomic mass is 9.79. The molecule has 1 aliphatic rings. The van der Waals surface area contributed by atoms with Gasteiger partial charge >= 0.3 is 10.4 Å². The molecule has 11 nitrogen and oxygen atoms in total. The number of anilines is 1. The van der Waals surface area contributed by atoms with Crippen LogP contribution >= 0.6 is 0 Å². The van der Waals surface area contributed by atoms with Crippen molar-refractivity contribution < 1.29 is 31.8 Å². The highest BCUT2D eigenvalue weighted by atomic mass is 32.3. The second-order valence-electron chi connectivity index (χ2n) is 6.95. The van der Waals surface area contributed by atoms with E-state index in [2.05, 4.69) is 16.4 Å². The summed E-state index contributed by atoms with van der Waals surface area (Å²) in [5.41, 5.74) is 10.5. The van der Waals surface area contributed by atoms with Crippen molar-refractivity contribution in [2.75, 3.05) is 19.0 Å². The molecule has 0 spiro atoms. The summed E-state index contributed by atoms with van der Waals surface area (Å²) in [5.74, 6) is -0.160. The lowest BCUT2D eigenvalue weighted by molar-refractivity contribution is -0.114. The molecular formula is C21H24N4O7S. The predicted octanol–water partition coefficient (Wildman–Crippen LogP) is 2.33. The van der Waals surface area contributed by atoms with Crippen LogP contribution in [0.2, 0.25) is 0 Å². The quantitative estimate of drug-likeness (QED) is 0.467. The van der Waals surface area contributed by atoms with Gasteiger partial charge in [0.2, 0.25) is 11.8 Å². The number of nitrogens with one attached hydrogen (secondary N) is 1. The summed E-state index contributed by atoms with van der Waals surface area (Å²) in [5, 5.41) is 12.5. The summed E-state index contributed by atoms with van der Waals surface area (Å²) in [6.45, 7) is 6.04. The number of benzene rings is 1. The Balaban J connectivity index is 0.000000696. The maximum absolute atomic E-state index is 12.4. The molecule has 1 atom stereocenters. The third kappa shape index (κ3) is 5.98. The lowest BCUT2D eigenvalue weighted by Gasteiger charge is -2.32. The Kier molecular flexibility index (Phi) is 7.99. The Morgan fingerprint density at radius 2 is 1.97 bits per heavy atom. The first kappa shape index (κ1) is 25.6. The second-order valence-corrected chi connectivity index (χ2v) is 7.84. The van der Waals surface area contributed by atoms with Crippen molar-refractivity contribution in [1.82, 2.24) is 4.98 Å². The Bertz CT molecular complexity index is 1240. The van der Waals surface area contributed by atoms with Gasteiger partial charge in [-0.1, -0.05) is 6.07 Å². The summed E-state index contributed by atoms with van der Waals surface area (Å²) < 4.78 is 42.9. The number of ether oxygens (including phenoxy) is 2. The predicted molar refractivity (Wildman–Crippen MR) is 119 cm³/mol. The SMILES string of the molecule is CCOc1ncc(C)c2c1[C@H](c1ccc(C#N)cc1OC)C(C(N)=O)=C(C)N2.O=S(=O)(O)O. The number of nitrogens with zero attached hydrogens (tertiary/aromatic N) is 2. The molecule has 1 aliphatic heterocycles. The van der Waals surface area contributed by atoms with E-state index in [4.69, 9.17) is 32.7 Å². The van der Waals surface area contributed by atoms with Gasteiger partial charge in [0.15, 0.2) is 0 Å². The van der Waals surface area contributed by atoms with Crippen molar-refractivity contribution in [1.29, 1.82) is 5.26 Å². The molecule has 1 aromatic carbocycles. The van der Waals surface area contributed by atoms with Crippen LogP contribution in [0.4, 0.5) is 5.69 Å². The van der Waals surface area contributed by atoms with Gasteiger partial charge in [-0.2, -0.15) is 13.7 Å². The van der Waals surface area contributed by atoms with Crippen molar-refractivity contribution in [3.8, 4) is 17.7 Å². The zero-order valence-electron chi connectivity index (χ0n) is 18.4. The van der Waals surface area contributed by atoms with Gasteiger partial charge in [0, 0.05) is 23.0 Å². The van der Waals surface area contributed by atoms with Crippen LogP contribution in [0.5, 0.6) is 11.6 Å². The first-order valence-electron chi connectivity index (χ1n) is 9.60. The Morgan fingerprint density at radius 3 is 2.48 bits per heavy atom. The minimum atomic E-state index is -4.67.